The van der Waals surface area contributed by atoms with E-state index in [1.165, 1.54) is 6.07 Å². The van der Waals surface area contributed by atoms with Crippen LogP contribution in [0, 0.1) is 5.82 Å². The smallest absolute Gasteiger partial charge is 0.144 e. The van der Waals surface area contributed by atoms with E-state index in [-0.39, 0.29) is 10.6 Å². The van der Waals surface area contributed by atoms with E-state index >= 15 is 0 Å². The first-order valence-electron chi connectivity index (χ1n) is 3.43. The Morgan fingerprint density at radius 3 is 3.00 bits per heavy atom. The van der Waals surface area contributed by atoms with E-state index in [0.717, 1.165) is 0 Å². The summed E-state index contributed by atoms with van der Waals surface area (Å²) in [4.78, 5) is 4.18. The van der Waals surface area contributed by atoms with Gasteiger partial charge in [0.25, 0.3) is 0 Å². The average Bonchev–Trinajstić information content (AvgIpc) is 1.93. The van der Waals surface area contributed by atoms with Crippen molar-refractivity contribution in [3.8, 4) is 0 Å². The first kappa shape index (κ1) is 8.65. The van der Waals surface area contributed by atoms with Crippen LogP contribution < -0.4 is 0 Å². The Morgan fingerprint density at radius 1 is 1.73 bits per heavy atom. The number of hydrogen-bond donors (Lipinski definition) is 0. The Labute approximate surface area is 73.8 Å². The monoisotopic (exact) mass is 217 g/mol. The highest BCUT2D eigenvalue weighted by Gasteiger charge is 2.04. The van der Waals surface area contributed by atoms with E-state index in [1.54, 1.807) is 12.3 Å². The van der Waals surface area contributed by atoms with Gasteiger partial charge in [-0.15, -0.1) is 0 Å². The molecule has 0 aliphatic carbocycles. The van der Waals surface area contributed by atoms with Crippen molar-refractivity contribution >= 4 is 15.9 Å². The van der Waals surface area contributed by atoms with Crippen molar-refractivity contribution in [2.45, 2.75) is 18.2 Å². The highest BCUT2D eigenvalue weighted by molar-refractivity contribution is 9.09. The van der Waals surface area contributed by atoms with Crippen LogP contribution in [0.3, 0.4) is 0 Å². The number of halogens is 2. The number of alkyl halides is 1. The maximum atomic E-state index is 12.9. The van der Waals surface area contributed by atoms with Crippen molar-refractivity contribution in [2.75, 3.05) is 0 Å². The zero-order valence-electron chi connectivity index (χ0n) is 6.22. The molecule has 3 heteroatoms. The molecule has 1 atom stereocenters. The van der Waals surface area contributed by atoms with Crippen molar-refractivity contribution in [1.29, 1.82) is 0 Å². The number of pyridine rings is 1. The van der Waals surface area contributed by atoms with Gasteiger partial charge >= 0.3 is 0 Å². The summed E-state index contributed by atoms with van der Waals surface area (Å²) in [6, 6.07) is 3.02. The lowest BCUT2D eigenvalue weighted by molar-refractivity contribution is 0.597. The van der Waals surface area contributed by atoms with Gasteiger partial charge in [0.05, 0.1) is 5.69 Å². The summed E-state index contributed by atoms with van der Waals surface area (Å²) in [5, 5.41) is 0. The van der Waals surface area contributed by atoms with Crippen LogP contribution in [0.5, 0.6) is 0 Å². The summed E-state index contributed by atoms with van der Waals surface area (Å²) in [5.41, 5.74) is 0.525. The summed E-state index contributed by atoms with van der Waals surface area (Å²) in [7, 11) is 0. The molecular formula is C8H9BrFN. The fraction of sp³-hybridized carbons (Fsp3) is 0.375. The molecular weight excluding hydrogens is 209 g/mol. The minimum Gasteiger partial charge on any atom is -0.258 e. The fourth-order valence-electron chi connectivity index (χ4n) is 0.835. The van der Waals surface area contributed by atoms with Crippen LogP contribution in [0.15, 0.2) is 18.3 Å². The Morgan fingerprint density at radius 2 is 2.45 bits per heavy atom. The molecule has 0 fully saturated rings. The van der Waals surface area contributed by atoms with Crippen molar-refractivity contribution in [2.24, 2.45) is 0 Å². The highest BCUT2D eigenvalue weighted by Crippen LogP contribution is 2.09. The lowest BCUT2D eigenvalue weighted by Crippen LogP contribution is -2.01. The first-order valence-corrected chi connectivity index (χ1v) is 4.35. The highest BCUT2D eigenvalue weighted by atomic mass is 79.9. The molecule has 0 aliphatic rings. The molecule has 1 aromatic rings. The van der Waals surface area contributed by atoms with Gasteiger partial charge in [-0.3, -0.25) is 4.98 Å². The summed E-state index contributed by atoms with van der Waals surface area (Å²) < 4.78 is 12.9. The molecule has 0 saturated carbocycles. The van der Waals surface area contributed by atoms with E-state index in [0.29, 0.717) is 12.1 Å². The number of aromatic nitrogens is 1. The zero-order valence-corrected chi connectivity index (χ0v) is 7.81. The Hall–Kier alpha value is -0.440. The van der Waals surface area contributed by atoms with E-state index in [4.69, 9.17) is 0 Å². The Kier molecular flexibility index (Phi) is 3.00. The molecule has 0 amide bonds. The van der Waals surface area contributed by atoms with Crippen molar-refractivity contribution in [3.63, 3.8) is 0 Å². The second-order valence-corrected chi connectivity index (χ2v) is 3.98. The predicted octanol–water partition coefficient (Wildman–Crippen LogP) is 2.55. The first-order chi connectivity index (χ1) is 5.20. The predicted molar refractivity (Wildman–Crippen MR) is 46.3 cm³/mol. The normalized spacial score (nSPS) is 13.0. The molecule has 60 valence electrons. The van der Waals surface area contributed by atoms with Crippen LogP contribution >= 0.6 is 15.9 Å². The standard InChI is InChI=1S/C8H9BrFN/c1-6(9)5-8-7(10)3-2-4-11-8/h2-4,6H,5H2,1H3. The van der Waals surface area contributed by atoms with Crippen LogP contribution in [0.2, 0.25) is 0 Å². The van der Waals surface area contributed by atoms with Crippen LogP contribution in [0.25, 0.3) is 0 Å². The molecule has 0 N–H and O–H groups in total. The van der Waals surface area contributed by atoms with Crippen molar-refractivity contribution < 1.29 is 4.39 Å². The maximum absolute atomic E-state index is 12.9. The van der Waals surface area contributed by atoms with Gasteiger partial charge in [-0.25, -0.2) is 4.39 Å². The molecule has 1 nitrogen and oxygen atoms in total. The van der Waals surface area contributed by atoms with Gasteiger partial charge in [0.2, 0.25) is 0 Å². The Balaban J connectivity index is 2.78. The number of hydrogen-bond acceptors (Lipinski definition) is 1. The lowest BCUT2D eigenvalue weighted by Gasteiger charge is -2.02. The molecule has 0 saturated heterocycles. The van der Waals surface area contributed by atoms with Gasteiger partial charge in [0.15, 0.2) is 0 Å². The molecule has 1 rings (SSSR count). The van der Waals surface area contributed by atoms with Gasteiger partial charge in [-0.2, -0.15) is 0 Å². The minimum atomic E-state index is -0.223. The third-order valence-electron chi connectivity index (χ3n) is 1.31. The summed E-state index contributed by atoms with van der Waals surface area (Å²) in [5.74, 6) is -0.223. The molecule has 0 bridgehead atoms. The molecule has 1 heterocycles. The molecule has 1 unspecified atom stereocenters. The molecule has 11 heavy (non-hydrogen) atoms. The lowest BCUT2D eigenvalue weighted by atomic mass is 10.2. The molecule has 0 spiro atoms. The summed E-state index contributed by atoms with van der Waals surface area (Å²) >= 11 is 3.34. The van der Waals surface area contributed by atoms with Crippen LogP contribution in [-0.4, -0.2) is 9.81 Å². The summed E-state index contributed by atoms with van der Waals surface area (Å²) in [6.07, 6.45) is 2.24. The van der Waals surface area contributed by atoms with Crippen LogP contribution in [0.4, 0.5) is 4.39 Å². The van der Waals surface area contributed by atoms with E-state index in [1.807, 2.05) is 6.92 Å². The molecule has 0 aliphatic heterocycles. The third kappa shape index (κ3) is 2.58. The second-order valence-electron chi connectivity index (χ2n) is 2.42. The Bertz CT molecular complexity index is 237. The average molecular weight is 218 g/mol. The molecule has 0 radical (unpaired) electrons. The topological polar surface area (TPSA) is 12.9 Å². The van der Waals surface area contributed by atoms with E-state index in [9.17, 15) is 4.39 Å². The van der Waals surface area contributed by atoms with Gasteiger partial charge in [0, 0.05) is 17.4 Å². The number of nitrogens with zero attached hydrogens (tertiary/aromatic N) is 1. The van der Waals surface area contributed by atoms with E-state index in [2.05, 4.69) is 20.9 Å². The maximum Gasteiger partial charge on any atom is 0.144 e. The minimum absolute atomic E-state index is 0.223. The van der Waals surface area contributed by atoms with E-state index < -0.39 is 0 Å². The quantitative estimate of drug-likeness (QED) is 0.695. The van der Waals surface area contributed by atoms with Gasteiger partial charge in [-0.05, 0) is 12.1 Å². The largest absolute Gasteiger partial charge is 0.258 e. The van der Waals surface area contributed by atoms with Crippen molar-refractivity contribution in [1.82, 2.24) is 4.98 Å². The van der Waals surface area contributed by atoms with Crippen molar-refractivity contribution in [3.05, 3.63) is 29.8 Å². The van der Waals surface area contributed by atoms with Gasteiger partial charge in [0.1, 0.15) is 5.82 Å². The van der Waals surface area contributed by atoms with Gasteiger partial charge < -0.3 is 0 Å². The third-order valence-corrected chi connectivity index (χ3v) is 1.63. The second kappa shape index (κ2) is 3.81. The zero-order chi connectivity index (χ0) is 8.27. The number of rotatable bonds is 2. The molecule has 1 aromatic heterocycles. The van der Waals surface area contributed by atoms with Crippen LogP contribution in [-0.2, 0) is 6.42 Å². The molecule has 0 aromatic carbocycles. The van der Waals surface area contributed by atoms with Crippen LogP contribution in [0.1, 0.15) is 12.6 Å². The summed E-state index contributed by atoms with van der Waals surface area (Å²) in [6.45, 7) is 1.97. The SMILES string of the molecule is CC(Br)Cc1ncccc1F. The van der Waals surface area contributed by atoms with Gasteiger partial charge in [-0.1, -0.05) is 22.9 Å². The fourth-order valence-corrected chi connectivity index (χ4v) is 1.14.